The Morgan fingerprint density at radius 1 is 1.36 bits per heavy atom. The molecule has 3 N–H and O–H groups in total. The normalized spacial score (nSPS) is 13.4. The highest BCUT2D eigenvalue weighted by atomic mass is 35.5. The maximum Gasteiger partial charge on any atom is 0.237 e. The molecule has 0 aromatic heterocycles. The van der Waals surface area contributed by atoms with Crippen LogP contribution in [0.15, 0.2) is 24.3 Å². The molecule has 0 bridgehead atoms. The second kappa shape index (κ2) is 10.8. The first-order chi connectivity index (χ1) is 9.95. The first kappa shape index (κ1) is 21.2. The van der Waals surface area contributed by atoms with Crippen LogP contribution in [0.4, 0.5) is 4.39 Å². The van der Waals surface area contributed by atoms with Crippen molar-refractivity contribution < 1.29 is 9.18 Å². The zero-order valence-corrected chi connectivity index (χ0v) is 14.8. The zero-order chi connectivity index (χ0) is 15.8. The Bertz CT molecular complexity index is 445. The number of nitrogens with one attached hydrogen (secondary N) is 1. The maximum atomic E-state index is 13.0. The van der Waals surface area contributed by atoms with Crippen LogP contribution in [-0.4, -0.2) is 49.5 Å². The number of benzene rings is 1. The van der Waals surface area contributed by atoms with Crippen LogP contribution in [0, 0.1) is 5.82 Å². The predicted octanol–water partition coefficient (Wildman–Crippen LogP) is 2.05. The van der Waals surface area contributed by atoms with Crippen LogP contribution in [-0.2, 0) is 4.79 Å². The number of nitrogens with zero attached hydrogens (tertiary/aromatic N) is 1. The third-order valence-electron chi connectivity index (χ3n) is 3.32. The highest BCUT2D eigenvalue weighted by Gasteiger charge is 2.18. The summed E-state index contributed by atoms with van der Waals surface area (Å²) < 4.78 is 13.0. The lowest BCUT2D eigenvalue weighted by molar-refractivity contribution is -0.122. The number of hydrogen-bond acceptors (Lipinski definition) is 4. The number of halogens is 2. The van der Waals surface area contributed by atoms with Crippen LogP contribution < -0.4 is 11.1 Å². The number of carbonyl (C=O) groups excluding carboxylic acids is 1. The fourth-order valence-electron chi connectivity index (χ4n) is 1.99. The molecule has 0 saturated heterocycles. The number of thioether (sulfide) groups is 1. The lowest BCUT2D eigenvalue weighted by atomic mass is 10.1. The third-order valence-corrected chi connectivity index (χ3v) is 3.96. The molecule has 0 spiro atoms. The van der Waals surface area contributed by atoms with Gasteiger partial charge in [-0.25, -0.2) is 4.39 Å². The third kappa shape index (κ3) is 6.96. The molecule has 4 nitrogen and oxygen atoms in total. The Kier molecular flexibility index (Phi) is 10.4. The monoisotopic (exact) mass is 349 g/mol. The van der Waals surface area contributed by atoms with E-state index >= 15 is 0 Å². The van der Waals surface area contributed by atoms with Crippen molar-refractivity contribution in [3.63, 3.8) is 0 Å². The van der Waals surface area contributed by atoms with Crippen molar-refractivity contribution in [2.45, 2.75) is 18.5 Å². The van der Waals surface area contributed by atoms with Crippen molar-refractivity contribution in [1.82, 2.24) is 10.2 Å². The van der Waals surface area contributed by atoms with E-state index < -0.39 is 6.04 Å². The van der Waals surface area contributed by atoms with Gasteiger partial charge in [-0.05, 0) is 50.2 Å². The van der Waals surface area contributed by atoms with Gasteiger partial charge in [-0.2, -0.15) is 11.8 Å². The molecule has 22 heavy (non-hydrogen) atoms. The summed E-state index contributed by atoms with van der Waals surface area (Å²) in [5.74, 6) is 0.460. The molecule has 0 radical (unpaired) electrons. The molecule has 0 aliphatic carbocycles. The average Bonchev–Trinajstić information content (AvgIpc) is 2.46. The van der Waals surface area contributed by atoms with Crippen molar-refractivity contribution in [3.8, 4) is 0 Å². The van der Waals surface area contributed by atoms with Gasteiger partial charge in [0.15, 0.2) is 0 Å². The van der Waals surface area contributed by atoms with Gasteiger partial charge < -0.3 is 16.0 Å². The number of amides is 1. The quantitative estimate of drug-likeness (QED) is 0.754. The van der Waals surface area contributed by atoms with E-state index in [-0.39, 0.29) is 30.2 Å². The number of carbonyl (C=O) groups is 1. The Morgan fingerprint density at radius 3 is 2.45 bits per heavy atom. The molecule has 2 atom stereocenters. The van der Waals surface area contributed by atoms with Gasteiger partial charge in [-0.15, -0.1) is 12.4 Å². The number of nitrogens with two attached hydrogens (primary N) is 1. The molecule has 0 aliphatic heterocycles. The van der Waals surface area contributed by atoms with Crippen LogP contribution in [0.2, 0.25) is 0 Å². The second-order valence-electron chi connectivity index (χ2n) is 5.16. The first-order valence-corrected chi connectivity index (χ1v) is 8.29. The molecule has 0 fully saturated rings. The molecule has 0 aliphatic rings. The summed E-state index contributed by atoms with van der Waals surface area (Å²) in [7, 11) is 3.85. The van der Waals surface area contributed by atoms with Crippen LogP contribution in [0.3, 0.4) is 0 Å². The average molecular weight is 350 g/mol. The topological polar surface area (TPSA) is 58.4 Å². The van der Waals surface area contributed by atoms with Crippen LogP contribution >= 0.6 is 24.2 Å². The fraction of sp³-hybridized carbons (Fsp3) is 0.533. The summed E-state index contributed by atoms with van der Waals surface area (Å²) in [5.41, 5.74) is 6.79. The van der Waals surface area contributed by atoms with Gasteiger partial charge in [0.2, 0.25) is 5.91 Å². The van der Waals surface area contributed by atoms with Crippen molar-refractivity contribution >= 4 is 30.1 Å². The van der Waals surface area contributed by atoms with Crippen molar-refractivity contribution in [2.24, 2.45) is 5.73 Å². The van der Waals surface area contributed by atoms with E-state index in [1.165, 1.54) is 12.1 Å². The lowest BCUT2D eigenvalue weighted by Gasteiger charge is -2.25. The Morgan fingerprint density at radius 2 is 1.95 bits per heavy atom. The number of hydrogen-bond donors (Lipinski definition) is 2. The zero-order valence-electron chi connectivity index (χ0n) is 13.2. The summed E-state index contributed by atoms with van der Waals surface area (Å²) in [6.07, 6.45) is 2.65. The molecule has 7 heteroatoms. The molecule has 2 unspecified atom stereocenters. The lowest BCUT2D eigenvalue weighted by Crippen LogP contribution is -2.44. The van der Waals surface area contributed by atoms with Gasteiger partial charge in [-0.3, -0.25) is 4.79 Å². The highest BCUT2D eigenvalue weighted by molar-refractivity contribution is 7.98. The van der Waals surface area contributed by atoms with E-state index in [9.17, 15) is 9.18 Å². The maximum absolute atomic E-state index is 13.0. The van der Waals surface area contributed by atoms with Gasteiger partial charge in [0.05, 0.1) is 12.1 Å². The highest BCUT2D eigenvalue weighted by Crippen LogP contribution is 2.17. The predicted molar refractivity (Wildman–Crippen MR) is 94.1 cm³/mol. The standard InChI is InChI=1S/C15H24FN3OS.ClH/c1-19(2)14(11-4-6-12(16)7-5-11)10-18-15(20)13(17)8-9-21-3;/h4-7,13-14H,8-10,17H2,1-3H3,(H,18,20);1H. The Hall–Kier alpha value is -0.820. The largest absolute Gasteiger partial charge is 0.353 e. The van der Waals surface area contributed by atoms with E-state index in [2.05, 4.69) is 5.32 Å². The van der Waals surface area contributed by atoms with Gasteiger partial charge in [-0.1, -0.05) is 12.1 Å². The molecular weight excluding hydrogens is 325 g/mol. The summed E-state index contributed by atoms with van der Waals surface area (Å²) in [5, 5.41) is 2.88. The molecule has 1 amide bonds. The SMILES string of the molecule is CSCCC(N)C(=O)NCC(c1ccc(F)cc1)N(C)C.Cl. The molecule has 1 aromatic rings. The van der Waals surface area contributed by atoms with Gasteiger partial charge in [0.1, 0.15) is 5.82 Å². The van der Waals surface area contributed by atoms with E-state index in [1.54, 1.807) is 23.9 Å². The van der Waals surface area contributed by atoms with Gasteiger partial charge >= 0.3 is 0 Å². The summed E-state index contributed by atoms with van der Waals surface area (Å²) >= 11 is 1.67. The summed E-state index contributed by atoms with van der Waals surface area (Å²) in [4.78, 5) is 13.9. The van der Waals surface area contributed by atoms with Gasteiger partial charge in [0.25, 0.3) is 0 Å². The van der Waals surface area contributed by atoms with Crippen LogP contribution in [0.1, 0.15) is 18.0 Å². The molecule has 0 saturated carbocycles. The van der Waals surface area contributed by atoms with Crippen molar-refractivity contribution in [2.75, 3.05) is 32.6 Å². The Labute approximate surface area is 142 Å². The minimum atomic E-state index is -0.478. The van der Waals surface area contributed by atoms with Gasteiger partial charge in [0, 0.05) is 6.54 Å². The summed E-state index contributed by atoms with van der Waals surface area (Å²) in [6.45, 7) is 0.449. The first-order valence-electron chi connectivity index (χ1n) is 6.89. The van der Waals surface area contributed by atoms with Crippen LogP contribution in [0.5, 0.6) is 0 Å². The van der Waals surface area contributed by atoms with E-state index in [0.29, 0.717) is 13.0 Å². The van der Waals surface area contributed by atoms with E-state index in [1.807, 2.05) is 25.3 Å². The second-order valence-corrected chi connectivity index (χ2v) is 6.15. The molecule has 126 valence electrons. The number of likely N-dealkylation sites (N-methyl/N-ethyl adjacent to an activating group) is 1. The molecular formula is C15H25ClFN3OS. The molecule has 0 heterocycles. The Balaban J connectivity index is 0.00000441. The smallest absolute Gasteiger partial charge is 0.237 e. The molecule has 1 aromatic carbocycles. The minimum absolute atomic E-state index is 0. The van der Waals surface area contributed by atoms with Crippen molar-refractivity contribution in [1.29, 1.82) is 0 Å². The molecule has 1 rings (SSSR count). The van der Waals surface area contributed by atoms with E-state index in [0.717, 1.165) is 11.3 Å². The fourth-order valence-corrected chi connectivity index (χ4v) is 2.48. The number of rotatable bonds is 8. The van der Waals surface area contributed by atoms with E-state index in [4.69, 9.17) is 5.73 Å². The van der Waals surface area contributed by atoms with Crippen LogP contribution in [0.25, 0.3) is 0 Å². The minimum Gasteiger partial charge on any atom is -0.353 e. The van der Waals surface area contributed by atoms with Crippen molar-refractivity contribution in [3.05, 3.63) is 35.6 Å². The summed E-state index contributed by atoms with van der Waals surface area (Å²) in [6, 6.07) is 5.84.